The van der Waals surface area contributed by atoms with Crippen LogP contribution in [0.5, 0.6) is 0 Å². The van der Waals surface area contributed by atoms with E-state index < -0.39 is 34.8 Å². The van der Waals surface area contributed by atoms with Crippen LogP contribution in [0.25, 0.3) is 0 Å². The number of nitrogens with two attached hydrogens (primary N) is 1. The molecule has 2 rings (SSSR count). The van der Waals surface area contributed by atoms with E-state index in [9.17, 15) is 22.0 Å². The van der Waals surface area contributed by atoms with Crippen molar-refractivity contribution in [1.82, 2.24) is 4.98 Å². The van der Waals surface area contributed by atoms with Crippen LogP contribution < -0.4 is 11.1 Å². The Morgan fingerprint density at radius 2 is 1.37 bits per heavy atom. The van der Waals surface area contributed by atoms with Gasteiger partial charge in [0.1, 0.15) is 11.5 Å². The van der Waals surface area contributed by atoms with E-state index in [1.54, 1.807) is 0 Å². The predicted molar refractivity (Wildman–Crippen MR) is 58.2 cm³/mol. The Morgan fingerprint density at radius 3 is 1.84 bits per heavy atom. The van der Waals surface area contributed by atoms with Crippen molar-refractivity contribution in [3.8, 4) is 0 Å². The minimum Gasteiger partial charge on any atom is -0.384 e. The van der Waals surface area contributed by atoms with Gasteiger partial charge in [-0.1, -0.05) is 0 Å². The first kappa shape index (κ1) is 13.1. The Bertz CT molecular complexity index is 598. The average molecular weight is 275 g/mol. The molecule has 0 spiro atoms. The number of halogens is 5. The number of pyridine rings is 1. The fraction of sp³-hybridized carbons (Fsp3) is 0. The Balaban J connectivity index is 2.48. The van der Waals surface area contributed by atoms with Gasteiger partial charge in [-0.2, -0.15) is 0 Å². The van der Waals surface area contributed by atoms with Crippen LogP contribution in [0.2, 0.25) is 0 Å². The molecule has 8 heteroatoms. The summed E-state index contributed by atoms with van der Waals surface area (Å²) in [5.41, 5.74) is 4.17. The van der Waals surface area contributed by atoms with Crippen LogP contribution in [-0.2, 0) is 0 Å². The zero-order chi connectivity index (χ0) is 14.2. The molecule has 0 aliphatic heterocycles. The molecule has 1 aromatic carbocycles. The number of hydrogen-bond donors (Lipinski definition) is 2. The van der Waals surface area contributed by atoms with Gasteiger partial charge in [-0.3, -0.25) is 0 Å². The number of nitrogens with one attached hydrogen (secondary N) is 1. The van der Waals surface area contributed by atoms with E-state index in [0.29, 0.717) is 0 Å². The molecule has 0 aliphatic rings. The van der Waals surface area contributed by atoms with Crippen LogP contribution in [0, 0.1) is 29.1 Å². The monoisotopic (exact) mass is 275 g/mol. The van der Waals surface area contributed by atoms with Crippen molar-refractivity contribution < 1.29 is 22.0 Å². The summed E-state index contributed by atoms with van der Waals surface area (Å²) in [6.07, 6.45) is 1.09. The molecule has 0 bridgehead atoms. The van der Waals surface area contributed by atoms with E-state index in [1.807, 2.05) is 0 Å². The van der Waals surface area contributed by atoms with Crippen molar-refractivity contribution in [2.75, 3.05) is 11.1 Å². The quantitative estimate of drug-likeness (QED) is 0.503. The zero-order valence-electron chi connectivity index (χ0n) is 9.15. The zero-order valence-corrected chi connectivity index (χ0v) is 9.15. The summed E-state index contributed by atoms with van der Waals surface area (Å²) in [5.74, 6) is -10.0. The van der Waals surface area contributed by atoms with Gasteiger partial charge in [0.2, 0.25) is 5.82 Å². The average Bonchev–Trinajstić information content (AvgIpc) is 2.41. The second-order valence-corrected chi connectivity index (χ2v) is 3.54. The van der Waals surface area contributed by atoms with Crippen LogP contribution in [0.3, 0.4) is 0 Å². The molecule has 0 unspecified atom stereocenters. The predicted octanol–water partition coefficient (Wildman–Crippen LogP) is 3.10. The SMILES string of the molecule is Nc1ccc(Nc2c(F)c(F)c(F)c(F)c2F)cn1. The van der Waals surface area contributed by atoms with Crippen LogP contribution in [-0.4, -0.2) is 4.98 Å². The molecular weight excluding hydrogens is 269 g/mol. The molecule has 0 saturated carbocycles. The fourth-order valence-electron chi connectivity index (χ4n) is 1.34. The highest BCUT2D eigenvalue weighted by molar-refractivity contribution is 5.61. The lowest BCUT2D eigenvalue weighted by Crippen LogP contribution is -2.07. The topological polar surface area (TPSA) is 50.9 Å². The first-order valence-electron chi connectivity index (χ1n) is 4.91. The van der Waals surface area contributed by atoms with Gasteiger partial charge >= 0.3 is 0 Å². The molecule has 19 heavy (non-hydrogen) atoms. The van der Waals surface area contributed by atoms with Gasteiger partial charge in [-0.05, 0) is 12.1 Å². The van der Waals surface area contributed by atoms with E-state index in [-0.39, 0.29) is 11.5 Å². The van der Waals surface area contributed by atoms with E-state index in [1.165, 1.54) is 12.1 Å². The third kappa shape index (κ3) is 2.28. The highest BCUT2D eigenvalue weighted by Crippen LogP contribution is 2.29. The largest absolute Gasteiger partial charge is 0.384 e. The van der Waals surface area contributed by atoms with Gasteiger partial charge in [0.15, 0.2) is 23.3 Å². The van der Waals surface area contributed by atoms with Gasteiger partial charge in [0.05, 0.1) is 11.9 Å². The Kier molecular flexibility index (Phi) is 3.24. The first-order chi connectivity index (χ1) is 8.91. The summed E-state index contributed by atoms with van der Waals surface area (Å²) < 4.78 is 65.3. The maximum absolute atomic E-state index is 13.3. The summed E-state index contributed by atoms with van der Waals surface area (Å²) in [6.45, 7) is 0. The molecule has 1 heterocycles. The maximum atomic E-state index is 13.3. The smallest absolute Gasteiger partial charge is 0.200 e. The lowest BCUT2D eigenvalue weighted by molar-refractivity contribution is 0.382. The number of hydrogen-bond acceptors (Lipinski definition) is 3. The Hall–Kier alpha value is -2.38. The molecule has 0 radical (unpaired) electrons. The molecule has 0 atom stereocenters. The summed E-state index contributed by atoms with van der Waals surface area (Å²) in [6, 6.07) is 2.58. The second kappa shape index (κ2) is 4.71. The molecular formula is C11H6F5N3. The van der Waals surface area contributed by atoms with Crippen LogP contribution in [0.15, 0.2) is 18.3 Å². The minimum atomic E-state index is -2.21. The van der Waals surface area contributed by atoms with Crippen LogP contribution >= 0.6 is 0 Å². The van der Waals surface area contributed by atoms with Crippen LogP contribution in [0.4, 0.5) is 39.1 Å². The lowest BCUT2D eigenvalue weighted by Gasteiger charge is -2.10. The molecule has 3 N–H and O–H groups in total. The molecule has 3 nitrogen and oxygen atoms in total. The normalized spacial score (nSPS) is 10.6. The van der Waals surface area contributed by atoms with Crippen molar-refractivity contribution in [2.45, 2.75) is 0 Å². The van der Waals surface area contributed by atoms with E-state index >= 15 is 0 Å². The van der Waals surface area contributed by atoms with Gasteiger partial charge in [-0.25, -0.2) is 26.9 Å². The molecule has 2 aromatic rings. The van der Waals surface area contributed by atoms with Gasteiger partial charge < -0.3 is 11.1 Å². The standard InChI is InChI=1S/C11H6F5N3/c12-6-7(13)9(15)11(10(16)8(6)14)19-4-1-2-5(17)18-3-4/h1-3,19H,(H2,17,18). The summed E-state index contributed by atoms with van der Waals surface area (Å²) in [5, 5.41) is 2.06. The van der Waals surface area contributed by atoms with Crippen molar-refractivity contribution in [1.29, 1.82) is 0 Å². The van der Waals surface area contributed by atoms with Crippen molar-refractivity contribution in [3.05, 3.63) is 47.4 Å². The number of nitrogens with zero attached hydrogens (tertiary/aromatic N) is 1. The number of aromatic nitrogens is 1. The number of nitrogen functional groups attached to an aromatic ring is 1. The van der Waals surface area contributed by atoms with Gasteiger partial charge in [0, 0.05) is 0 Å². The summed E-state index contributed by atoms with van der Waals surface area (Å²) in [4.78, 5) is 3.61. The Labute approximate surface area is 103 Å². The maximum Gasteiger partial charge on any atom is 0.200 e. The third-order valence-electron chi connectivity index (χ3n) is 2.27. The van der Waals surface area contributed by atoms with Crippen molar-refractivity contribution >= 4 is 17.2 Å². The van der Waals surface area contributed by atoms with Crippen molar-refractivity contribution in [3.63, 3.8) is 0 Å². The first-order valence-corrected chi connectivity index (χ1v) is 4.91. The lowest BCUT2D eigenvalue weighted by atomic mass is 10.2. The molecule has 0 fully saturated rings. The van der Waals surface area contributed by atoms with E-state index in [0.717, 1.165) is 6.20 Å². The molecule has 0 saturated heterocycles. The molecule has 0 aliphatic carbocycles. The molecule has 1 aromatic heterocycles. The van der Waals surface area contributed by atoms with Gasteiger partial charge in [0.25, 0.3) is 0 Å². The van der Waals surface area contributed by atoms with E-state index in [2.05, 4.69) is 10.3 Å². The third-order valence-corrected chi connectivity index (χ3v) is 2.27. The highest BCUT2D eigenvalue weighted by atomic mass is 19.2. The van der Waals surface area contributed by atoms with Crippen LogP contribution in [0.1, 0.15) is 0 Å². The highest BCUT2D eigenvalue weighted by Gasteiger charge is 2.25. The summed E-state index contributed by atoms with van der Waals surface area (Å²) >= 11 is 0. The Morgan fingerprint density at radius 1 is 0.842 bits per heavy atom. The fourth-order valence-corrected chi connectivity index (χ4v) is 1.34. The minimum absolute atomic E-state index is 0.0254. The second-order valence-electron chi connectivity index (χ2n) is 3.54. The van der Waals surface area contributed by atoms with Gasteiger partial charge in [-0.15, -0.1) is 0 Å². The van der Waals surface area contributed by atoms with Crippen molar-refractivity contribution in [2.24, 2.45) is 0 Å². The number of rotatable bonds is 2. The summed E-state index contributed by atoms with van der Waals surface area (Å²) in [7, 11) is 0. The van der Waals surface area contributed by atoms with E-state index in [4.69, 9.17) is 5.73 Å². The number of benzene rings is 1. The number of anilines is 3. The molecule has 0 amide bonds. The molecule has 100 valence electrons.